The van der Waals surface area contributed by atoms with Gasteiger partial charge in [-0.25, -0.2) is 0 Å². The molecule has 1 aliphatic heterocycles. The molecule has 3 rings (SSSR count). The molecule has 0 radical (unpaired) electrons. The molecule has 1 aromatic heterocycles. The van der Waals surface area contributed by atoms with Gasteiger partial charge in [-0.3, -0.25) is 9.78 Å². The van der Waals surface area contributed by atoms with Crippen LogP contribution in [0.1, 0.15) is 44.1 Å². The van der Waals surface area contributed by atoms with Crippen molar-refractivity contribution in [3.05, 3.63) is 30.1 Å². The highest BCUT2D eigenvalue weighted by molar-refractivity contribution is 5.85. The van der Waals surface area contributed by atoms with E-state index in [2.05, 4.69) is 9.88 Å². The van der Waals surface area contributed by atoms with E-state index >= 15 is 0 Å². The van der Waals surface area contributed by atoms with Gasteiger partial charge >= 0.3 is 5.92 Å². The van der Waals surface area contributed by atoms with Crippen LogP contribution < -0.4 is 0 Å². The molecule has 1 aromatic rings. The normalized spacial score (nSPS) is 23.0. The first kappa shape index (κ1) is 20.1. The molecule has 7 heteroatoms. The van der Waals surface area contributed by atoms with Gasteiger partial charge in [0.25, 0.3) is 5.91 Å². The number of alkyl halides is 2. The van der Waals surface area contributed by atoms with Crippen LogP contribution in [0, 0.1) is 5.92 Å². The zero-order valence-corrected chi connectivity index (χ0v) is 15.9. The van der Waals surface area contributed by atoms with E-state index in [-0.39, 0.29) is 18.8 Å². The van der Waals surface area contributed by atoms with Crippen molar-refractivity contribution < 1.29 is 18.7 Å². The largest absolute Gasteiger partial charge is 0.383 e. The number of aliphatic hydroxyl groups is 1. The number of nitrogens with zero attached hydrogens (tertiary/aromatic N) is 3. The lowest BCUT2D eigenvalue weighted by molar-refractivity contribution is -0.201. The molecule has 0 spiro atoms. The summed E-state index contributed by atoms with van der Waals surface area (Å²) in [6, 6.07) is 3.89. The molecule has 150 valence electrons. The number of hydrogen-bond acceptors (Lipinski definition) is 4. The van der Waals surface area contributed by atoms with Crippen molar-refractivity contribution in [1.29, 1.82) is 0 Å². The molecule has 1 aliphatic carbocycles. The Bertz CT molecular complexity index is 635. The highest BCUT2D eigenvalue weighted by atomic mass is 19.3. The second-order valence-corrected chi connectivity index (χ2v) is 8.13. The van der Waals surface area contributed by atoms with Crippen molar-refractivity contribution in [3.63, 3.8) is 0 Å². The van der Waals surface area contributed by atoms with Gasteiger partial charge in [0.05, 0.1) is 0 Å². The predicted octanol–water partition coefficient (Wildman–Crippen LogP) is 2.69. The smallest absolute Gasteiger partial charge is 0.352 e. The number of carbonyl (C=O) groups excluding carboxylic acids is 1. The second kappa shape index (κ2) is 8.19. The van der Waals surface area contributed by atoms with Crippen LogP contribution in [-0.4, -0.2) is 64.0 Å². The second-order valence-electron chi connectivity index (χ2n) is 8.13. The Hall–Kier alpha value is -1.60. The maximum Gasteiger partial charge on any atom is 0.352 e. The van der Waals surface area contributed by atoms with Crippen LogP contribution in [0.4, 0.5) is 8.78 Å². The summed E-state index contributed by atoms with van der Waals surface area (Å²) < 4.78 is 29.4. The number of rotatable bonds is 6. The number of hydrogen-bond donors (Lipinski definition) is 1. The summed E-state index contributed by atoms with van der Waals surface area (Å²) in [6.07, 6.45) is 6.25. The Morgan fingerprint density at radius 1 is 1.41 bits per heavy atom. The number of likely N-dealkylation sites (tertiary alicyclic amines) is 1. The van der Waals surface area contributed by atoms with E-state index < -0.39 is 17.4 Å². The van der Waals surface area contributed by atoms with Crippen molar-refractivity contribution in [2.45, 2.75) is 56.6 Å². The van der Waals surface area contributed by atoms with Gasteiger partial charge in [0.15, 0.2) is 0 Å². The Morgan fingerprint density at radius 2 is 2.15 bits per heavy atom. The van der Waals surface area contributed by atoms with Crippen LogP contribution >= 0.6 is 0 Å². The van der Waals surface area contributed by atoms with Gasteiger partial charge in [0.2, 0.25) is 0 Å². The molecule has 2 fully saturated rings. The Morgan fingerprint density at radius 3 is 2.81 bits per heavy atom. The average molecular weight is 381 g/mol. The van der Waals surface area contributed by atoms with Crippen molar-refractivity contribution >= 4 is 5.91 Å². The molecule has 27 heavy (non-hydrogen) atoms. The molecule has 1 amide bonds. The number of aromatic nitrogens is 1. The minimum Gasteiger partial charge on any atom is -0.383 e. The lowest BCUT2D eigenvalue weighted by atomic mass is 9.90. The number of halogens is 2. The zero-order chi connectivity index (χ0) is 19.5. The quantitative estimate of drug-likeness (QED) is 0.823. The first-order valence-corrected chi connectivity index (χ1v) is 9.79. The van der Waals surface area contributed by atoms with Gasteiger partial charge in [-0.2, -0.15) is 8.78 Å². The zero-order valence-electron chi connectivity index (χ0n) is 15.9. The summed E-state index contributed by atoms with van der Waals surface area (Å²) >= 11 is 0. The fraction of sp³-hybridized carbons (Fsp3) is 0.700. The van der Waals surface area contributed by atoms with Crippen LogP contribution in [0.15, 0.2) is 24.5 Å². The summed E-state index contributed by atoms with van der Waals surface area (Å²) in [5, 5.41) is 10.3. The molecular weight excluding hydrogens is 352 g/mol. The van der Waals surface area contributed by atoms with E-state index in [0.29, 0.717) is 32.4 Å². The van der Waals surface area contributed by atoms with Crippen LogP contribution in [-0.2, 0) is 11.3 Å². The Kier molecular flexibility index (Phi) is 6.11. The highest BCUT2D eigenvalue weighted by Gasteiger charge is 2.60. The van der Waals surface area contributed by atoms with E-state index in [1.54, 1.807) is 6.20 Å². The van der Waals surface area contributed by atoms with E-state index in [4.69, 9.17) is 0 Å². The monoisotopic (exact) mass is 381 g/mol. The van der Waals surface area contributed by atoms with Crippen LogP contribution in [0.2, 0.25) is 0 Å². The number of pyridine rings is 1. The van der Waals surface area contributed by atoms with Gasteiger partial charge in [-0.05, 0) is 50.3 Å². The lowest BCUT2D eigenvalue weighted by Gasteiger charge is -2.39. The number of piperidine rings is 1. The Labute approximate surface area is 159 Å². The van der Waals surface area contributed by atoms with Crippen molar-refractivity contribution in [1.82, 2.24) is 14.8 Å². The molecule has 1 N–H and O–H groups in total. The molecule has 0 bridgehead atoms. The fourth-order valence-corrected chi connectivity index (χ4v) is 4.38. The van der Waals surface area contributed by atoms with Crippen LogP contribution in [0.5, 0.6) is 0 Å². The molecule has 2 heterocycles. The summed E-state index contributed by atoms with van der Waals surface area (Å²) in [5.74, 6) is -4.75. The number of carbonyl (C=O) groups is 1. The van der Waals surface area contributed by atoms with E-state index in [9.17, 15) is 18.7 Å². The Balaban J connectivity index is 1.57. The van der Waals surface area contributed by atoms with Gasteiger partial charge in [0, 0.05) is 38.6 Å². The molecule has 5 nitrogen and oxygen atoms in total. The third kappa shape index (κ3) is 4.46. The molecule has 2 aliphatic rings. The van der Waals surface area contributed by atoms with E-state index in [1.807, 2.05) is 25.4 Å². The van der Waals surface area contributed by atoms with E-state index in [0.717, 1.165) is 25.1 Å². The minimum absolute atomic E-state index is 0.00312. The first-order chi connectivity index (χ1) is 12.8. The molecule has 1 saturated heterocycles. The maximum atomic E-state index is 14.7. The molecule has 1 saturated carbocycles. The lowest BCUT2D eigenvalue weighted by Crippen LogP contribution is -2.58. The predicted molar refractivity (Wildman–Crippen MR) is 98.2 cm³/mol. The summed E-state index contributed by atoms with van der Waals surface area (Å²) in [7, 11) is 1.99. The van der Waals surface area contributed by atoms with Gasteiger partial charge in [-0.15, -0.1) is 0 Å². The van der Waals surface area contributed by atoms with Crippen molar-refractivity contribution in [3.8, 4) is 0 Å². The highest BCUT2D eigenvalue weighted by Crippen LogP contribution is 2.43. The maximum absolute atomic E-state index is 14.7. The fourth-order valence-electron chi connectivity index (χ4n) is 4.38. The summed E-state index contributed by atoms with van der Waals surface area (Å²) in [6.45, 7) is 2.12. The minimum atomic E-state index is -3.70. The van der Waals surface area contributed by atoms with Crippen LogP contribution in [0.3, 0.4) is 0 Å². The SMILES string of the molecule is CN(Cc1cccnc1)CC1CCCN(C(=O)C(F)(F)C2(O)CCCC2)C1. The van der Waals surface area contributed by atoms with Crippen LogP contribution in [0.25, 0.3) is 0 Å². The molecule has 1 unspecified atom stereocenters. The summed E-state index contributed by atoms with van der Waals surface area (Å²) in [4.78, 5) is 20.0. The average Bonchev–Trinajstić information content (AvgIpc) is 3.10. The standard InChI is InChI=1S/C20H29F2N3O2/c1-24(13-16-6-4-10-23-12-16)14-17-7-5-11-25(15-17)18(26)20(21,22)19(27)8-2-3-9-19/h4,6,10,12,17,27H,2-3,5,7-9,11,13-15H2,1H3. The van der Waals surface area contributed by atoms with Crippen molar-refractivity contribution in [2.24, 2.45) is 5.92 Å². The topological polar surface area (TPSA) is 56.7 Å². The molecule has 1 atom stereocenters. The van der Waals surface area contributed by atoms with Gasteiger partial charge < -0.3 is 14.9 Å². The van der Waals surface area contributed by atoms with E-state index in [1.165, 1.54) is 4.90 Å². The third-order valence-electron chi connectivity index (χ3n) is 5.84. The third-order valence-corrected chi connectivity index (χ3v) is 5.84. The molecule has 0 aromatic carbocycles. The first-order valence-electron chi connectivity index (χ1n) is 9.79. The molecular formula is C20H29F2N3O2. The van der Waals surface area contributed by atoms with Crippen molar-refractivity contribution in [2.75, 3.05) is 26.7 Å². The summed E-state index contributed by atoms with van der Waals surface area (Å²) in [5.41, 5.74) is -1.08. The van der Waals surface area contributed by atoms with Gasteiger partial charge in [-0.1, -0.05) is 18.9 Å². The number of amides is 1. The van der Waals surface area contributed by atoms with Gasteiger partial charge in [0.1, 0.15) is 5.60 Å².